The summed E-state index contributed by atoms with van der Waals surface area (Å²) in [6.45, 7) is 3.75. The van der Waals surface area contributed by atoms with Gasteiger partial charge in [-0.15, -0.1) is 0 Å². The van der Waals surface area contributed by atoms with Crippen LogP contribution in [0.3, 0.4) is 0 Å². The van der Waals surface area contributed by atoms with Gasteiger partial charge in [0.2, 0.25) is 0 Å². The van der Waals surface area contributed by atoms with Crippen LogP contribution in [0, 0.1) is 13.8 Å². The van der Waals surface area contributed by atoms with E-state index in [0.29, 0.717) is 34.2 Å². The Kier molecular flexibility index (Phi) is 5.68. The van der Waals surface area contributed by atoms with Gasteiger partial charge in [-0.05, 0) is 38.1 Å². The Morgan fingerprint density at radius 1 is 0.641 bits per heavy atom. The molecule has 5 heterocycles. The summed E-state index contributed by atoms with van der Waals surface area (Å²) in [5, 5.41) is 9.00. The minimum absolute atomic E-state index is 0.0337. The zero-order chi connectivity index (χ0) is 27.7. The van der Waals surface area contributed by atoms with E-state index in [2.05, 4.69) is 10.2 Å². The van der Waals surface area contributed by atoms with E-state index in [0.717, 1.165) is 12.1 Å². The Hall–Kier alpha value is -4.00. The number of fused-ring (bicyclic) bond motifs is 2. The number of aromatic nitrogens is 4. The summed E-state index contributed by atoms with van der Waals surface area (Å²) < 4.78 is 92.0. The maximum atomic E-state index is 13.9. The van der Waals surface area contributed by atoms with Crippen molar-refractivity contribution in [3.8, 4) is 11.4 Å². The molecule has 0 aliphatic carbocycles. The van der Waals surface area contributed by atoms with Gasteiger partial charge in [0.05, 0.1) is 47.0 Å². The fourth-order valence-electron chi connectivity index (χ4n) is 5.25. The number of ether oxygens (including phenoxy) is 1. The molecule has 0 N–H and O–H groups in total. The highest BCUT2D eigenvalue weighted by Gasteiger charge is 2.39. The third-order valence-electron chi connectivity index (χ3n) is 6.98. The molecular weight excluding hydrogens is 526 g/mol. The number of hydrogen-bond donors (Lipinski definition) is 0. The molecule has 2 bridgehead atoms. The van der Waals surface area contributed by atoms with Gasteiger partial charge >= 0.3 is 12.4 Å². The van der Waals surface area contributed by atoms with Crippen molar-refractivity contribution in [1.82, 2.24) is 19.6 Å². The normalized spacial score (nSPS) is 15.6. The number of aryl methyl sites for hydroxylation is 2. The summed E-state index contributed by atoms with van der Waals surface area (Å²) in [4.78, 5) is 3.51. The van der Waals surface area contributed by atoms with Gasteiger partial charge in [-0.3, -0.25) is 0 Å². The third-order valence-corrected chi connectivity index (χ3v) is 6.98. The van der Waals surface area contributed by atoms with Crippen LogP contribution in [-0.2, 0) is 30.2 Å². The van der Waals surface area contributed by atoms with Gasteiger partial charge < -0.3 is 14.5 Å². The fraction of sp³-hybridized carbons (Fsp3) is 0.308. The molecule has 3 aliphatic heterocycles. The van der Waals surface area contributed by atoms with E-state index in [9.17, 15) is 26.3 Å². The van der Waals surface area contributed by atoms with Gasteiger partial charge in [0.1, 0.15) is 25.1 Å². The molecule has 0 saturated heterocycles. The molecule has 13 heteroatoms. The molecular formula is C26H22F6N6O. The van der Waals surface area contributed by atoms with Crippen molar-refractivity contribution in [2.24, 2.45) is 0 Å². The first-order chi connectivity index (χ1) is 18.4. The number of benzene rings is 2. The van der Waals surface area contributed by atoms with Crippen LogP contribution in [0.4, 0.5) is 38.0 Å². The van der Waals surface area contributed by atoms with Gasteiger partial charge in [-0.2, -0.15) is 36.5 Å². The minimum Gasteiger partial charge on any atom is -0.341 e. The zero-order valence-corrected chi connectivity index (χ0v) is 20.8. The van der Waals surface area contributed by atoms with Crippen LogP contribution in [0.5, 0.6) is 0 Å². The average Bonchev–Trinajstić information content (AvgIpc) is 3.32. The van der Waals surface area contributed by atoms with E-state index in [1.54, 1.807) is 23.6 Å². The summed E-state index contributed by atoms with van der Waals surface area (Å²) >= 11 is 0. The minimum atomic E-state index is -4.61. The van der Waals surface area contributed by atoms with E-state index >= 15 is 0 Å². The molecule has 204 valence electrons. The lowest BCUT2D eigenvalue weighted by Gasteiger charge is -2.37. The molecule has 3 aliphatic rings. The van der Waals surface area contributed by atoms with Crippen molar-refractivity contribution in [2.45, 2.75) is 39.3 Å². The first-order valence-electron chi connectivity index (χ1n) is 12.0. The first-order valence-corrected chi connectivity index (χ1v) is 12.0. The quantitative estimate of drug-likeness (QED) is 0.289. The number of alkyl halides is 6. The van der Waals surface area contributed by atoms with Crippen molar-refractivity contribution in [3.63, 3.8) is 0 Å². The number of halogens is 6. The Balaban J connectivity index is 1.54. The van der Waals surface area contributed by atoms with E-state index in [1.165, 1.54) is 45.8 Å². The molecule has 39 heavy (non-hydrogen) atoms. The summed E-state index contributed by atoms with van der Waals surface area (Å²) in [5.74, 6) is 0.866. The topological polar surface area (TPSA) is 51.4 Å². The monoisotopic (exact) mass is 548 g/mol. The van der Waals surface area contributed by atoms with Crippen LogP contribution >= 0.6 is 0 Å². The highest BCUT2D eigenvalue weighted by Crippen LogP contribution is 2.42. The number of para-hydroxylation sites is 2. The van der Waals surface area contributed by atoms with Crippen molar-refractivity contribution in [2.75, 3.05) is 23.3 Å². The second kappa shape index (κ2) is 8.76. The van der Waals surface area contributed by atoms with Gasteiger partial charge in [-0.1, -0.05) is 24.3 Å². The van der Waals surface area contributed by atoms with Crippen LogP contribution in [0.15, 0.2) is 48.5 Å². The van der Waals surface area contributed by atoms with Crippen LogP contribution in [0.25, 0.3) is 11.4 Å². The molecule has 0 spiro atoms. The predicted molar refractivity (Wildman–Crippen MR) is 130 cm³/mol. The molecule has 2 aromatic heterocycles. The maximum Gasteiger partial charge on any atom is 0.418 e. The lowest BCUT2D eigenvalue weighted by atomic mass is 10.1. The SMILES string of the molecule is Cc1nn(-c2ccccc2C(F)(F)F)c2c1CN1COCN2Cc2c(C)nn(-c3ccccc3C(F)(F)F)c21. The number of nitrogens with zero attached hydrogens (tertiary/aromatic N) is 6. The van der Waals surface area contributed by atoms with Crippen LogP contribution in [0.1, 0.15) is 33.6 Å². The summed E-state index contributed by atoms with van der Waals surface area (Å²) in [5.41, 5.74) is 0.381. The van der Waals surface area contributed by atoms with Crippen molar-refractivity contribution >= 4 is 11.6 Å². The number of rotatable bonds is 2. The van der Waals surface area contributed by atoms with E-state index in [-0.39, 0.29) is 37.9 Å². The first kappa shape index (κ1) is 25.3. The molecule has 7 nitrogen and oxygen atoms in total. The van der Waals surface area contributed by atoms with Gasteiger partial charge in [0.25, 0.3) is 0 Å². The molecule has 0 atom stereocenters. The largest absolute Gasteiger partial charge is 0.418 e. The number of anilines is 2. The Bertz CT molecular complexity index is 1450. The molecule has 0 unspecified atom stereocenters. The second-order valence-electron chi connectivity index (χ2n) is 9.49. The Labute approximate surface area is 218 Å². The van der Waals surface area contributed by atoms with Crippen molar-refractivity contribution in [1.29, 1.82) is 0 Å². The molecule has 0 amide bonds. The molecule has 0 radical (unpaired) electrons. The average molecular weight is 548 g/mol. The Morgan fingerprint density at radius 2 is 1.03 bits per heavy atom. The summed E-state index contributed by atoms with van der Waals surface area (Å²) in [7, 11) is 0. The summed E-state index contributed by atoms with van der Waals surface area (Å²) in [6, 6.07) is 10.4. The fourth-order valence-corrected chi connectivity index (χ4v) is 5.25. The lowest BCUT2D eigenvalue weighted by molar-refractivity contribution is -0.138. The van der Waals surface area contributed by atoms with Crippen molar-refractivity contribution in [3.05, 3.63) is 82.2 Å². The lowest BCUT2D eigenvalue weighted by Crippen LogP contribution is -2.40. The highest BCUT2D eigenvalue weighted by atomic mass is 19.4. The Morgan fingerprint density at radius 3 is 1.41 bits per heavy atom. The standard InChI is InChI=1S/C26H22F6N6O/c1-15-17-11-35-13-39-14-36(23(17)37(33-15)21-9-5-3-7-19(21)25(27,28)29)12-18-16(2)34-38(24(18)35)22-10-6-4-8-20(22)26(30,31)32/h3-10H,11-14H2,1-2H3. The van der Waals surface area contributed by atoms with Gasteiger partial charge in [0, 0.05) is 11.1 Å². The highest BCUT2D eigenvalue weighted by molar-refractivity contribution is 5.65. The molecule has 2 aromatic carbocycles. The molecule has 7 rings (SSSR count). The smallest absolute Gasteiger partial charge is 0.341 e. The van der Waals surface area contributed by atoms with E-state index < -0.39 is 23.5 Å². The zero-order valence-electron chi connectivity index (χ0n) is 20.8. The third kappa shape index (κ3) is 4.11. The number of hydrogen-bond acceptors (Lipinski definition) is 5. The molecule has 0 fully saturated rings. The van der Waals surface area contributed by atoms with Crippen LogP contribution in [-0.4, -0.2) is 33.0 Å². The van der Waals surface area contributed by atoms with Crippen molar-refractivity contribution < 1.29 is 31.1 Å². The van der Waals surface area contributed by atoms with E-state index in [4.69, 9.17) is 4.74 Å². The maximum absolute atomic E-state index is 13.9. The van der Waals surface area contributed by atoms with Crippen LogP contribution < -0.4 is 9.80 Å². The predicted octanol–water partition coefficient (Wildman–Crippen LogP) is 5.98. The van der Waals surface area contributed by atoms with E-state index in [1.807, 2.05) is 0 Å². The van der Waals surface area contributed by atoms with Crippen LogP contribution in [0.2, 0.25) is 0 Å². The second-order valence-corrected chi connectivity index (χ2v) is 9.49. The molecule has 4 aromatic rings. The van der Waals surface area contributed by atoms with Gasteiger partial charge in [-0.25, -0.2) is 9.36 Å². The summed E-state index contributed by atoms with van der Waals surface area (Å²) in [6.07, 6.45) is -9.21. The van der Waals surface area contributed by atoms with Gasteiger partial charge in [0.15, 0.2) is 0 Å². The molecule has 0 saturated carbocycles.